The Morgan fingerprint density at radius 1 is 1.10 bits per heavy atom. The SMILES string of the molecule is CCOC(=O)CCc1ccc(OCc2cccc(OCCN3CCOCC3)c2)c(F)c1. The molecule has 0 amide bonds. The van der Waals surface area contributed by atoms with E-state index in [0.717, 1.165) is 49.7 Å². The molecule has 0 aromatic heterocycles. The van der Waals surface area contributed by atoms with E-state index in [-0.39, 0.29) is 24.7 Å². The highest BCUT2D eigenvalue weighted by atomic mass is 19.1. The van der Waals surface area contributed by atoms with E-state index in [9.17, 15) is 9.18 Å². The first-order valence-corrected chi connectivity index (χ1v) is 10.7. The normalized spacial score (nSPS) is 14.3. The van der Waals surface area contributed by atoms with Crippen molar-refractivity contribution in [1.82, 2.24) is 4.90 Å². The Hall–Kier alpha value is -2.64. The van der Waals surface area contributed by atoms with Crippen LogP contribution >= 0.6 is 0 Å². The summed E-state index contributed by atoms with van der Waals surface area (Å²) in [6, 6.07) is 12.4. The second-order valence-corrected chi connectivity index (χ2v) is 7.31. The molecular formula is C24H30FNO5. The third-order valence-corrected chi connectivity index (χ3v) is 4.99. The Kier molecular flexibility index (Phi) is 9.12. The highest BCUT2D eigenvalue weighted by Crippen LogP contribution is 2.22. The Morgan fingerprint density at radius 2 is 1.94 bits per heavy atom. The molecule has 1 fully saturated rings. The summed E-state index contributed by atoms with van der Waals surface area (Å²) in [5.74, 6) is 0.220. The molecule has 0 atom stereocenters. The predicted octanol–water partition coefficient (Wildman–Crippen LogP) is 3.61. The van der Waals surface area contributed by atoms with Gasteiger partial charge in [-0.25, -0.2) is 4.39 Å². The molecule has 2 aromatic rings. The van der Waals surface area contributed by atoms with Gasteiger partial charge in [-0.15, -0.1) is 0 Å². The zero-order valence-electron chi connectivity index (χ0n) is 18.0. The summed E-state index contributed by atoms with van der Waals surface area (Å²) in [5, 5.41) is 0. The molecule has 0 radical (unpaired) electrons. The molecule has 168 valence electrons. The van der Waals surface area contributed by atoms with Crippen LogP contribution in [0.1, 0.15) is 24.5 Å². The van der Waals surface area contributed by atoms with Crippen LogP contribution < -0.4 is 9.47 Å². The molecule has 0 saturated carbocycles. The standard InChI is InChI=1S/C24H30FNO5/c1-2-29-24(27)9-7-19-6-8-23(22(25)17-19)31-18-20-4-3-5-21(16-20)30-15-12-26-10-13-28-14-11-26/h3-6,8,16-17H,2,7,9-15,18H2,1H3. The van der Waals surface area contributed by atoms with E-state index in [2.05, 4.69) is 4.90 Å². The number of hydrogen-bond donors (Lipinski definition) is 0. The number of ether oxygens (including phenoxy) is 4. The molecule has 6 nitrogen and oxygen atoms in total. The molecule has 31 heavy (non-hydrogen) atoms. The summed E-state index contributed by atoms with van der Waals surface area (Å²) in [7, 11) is 0. The second kappa shape index (κ2) is 12.3. The summed E-state index contributed by atoms with van der Waals surface area (Å²) >= 11 is 0. The number of aryl methyl sites for hydroxylation is 1. The zero-order chi connectivity index (χ0) is 21.9. The lowest BCUT2D eigenvalue weighted by atomic mass is 10.1. The average molecular weight is 432 g/mol. The van der Waals surface area contributed by atoms with Crippen molar-refractivity contribution < 1.29 is 28.1 Å². The first-order chi connectivity index (χ1) is 15.1. The summed E-state index contributed by atoms with van der Waals surface area (Å²) in [4.78, 5) is 13.8. The molecule has 0 spiro atoms. The Labute approximate surface area is 182 Å². The smallest absolute Gasteiger partial charge is 0.306 e. The van der Waals surface area contributed by atoms with Gasteiger partial charge in [0, 0.05) is 26.1 Å². The minimum Gasteiger partial charge on any atom is -0.492 e. The topological polar surface area (TPSA) is 57.2 Å². The summed E-state index contributed by atoms with van der Waals surface area (Å²) < 4.78 is 36.1. The highest BCUT2D eigenvalue weighted by molar-refractivity contribution is 5.69. The minimum atomic E-state index is -0.445. The lowest BCUT2D eigenvalue weighted by molar-refractivity contribution is -0.143. The fourth-order valence-electron chi connectivity index (χ4n) is 3.30. The summed E-state index contributed by atoms with van der Waals surface area (Å²) in [6.45, 7) is 7.22. The van der Waals surface area contributed by atoms with Crippen LogP contribution in [0.4, 0.5) is 4.39 Å². The van der Waals surface area contributed by atoms with Crippen LogP contribution in [0.3, 0.4) is 0 Å². The van der Waals surface area contributed by atoms with E-state index in [1.54, 1.807) is 19.1 Å². The molecule has 0 unspecified atom stereocenters. The monoisotopic (exact) mass is 431 g/mol. The Morgan fingerprint density at radius 3 is 2.71 bits per heavy atom. The third-order valence-electron chi connectivity index (χ3n) is 4.99. The maximum Gasteiger partial charge on any atom is 0.306 e. The Balaban J connectivity index is 1.45. The number of carbonyl (C=O) groups excluding carboxylic acids is 1. The fraction of sp³-hybridized carbons (Fsp3) is 0.458. The molecule has 0 bridgehead atoms. The van der Waals surface area contributed by atoms with Crippen molar-refractivity contribution >= 4 is 5.97 Å². The number of nitrogens with zero attached hydrogens (tertiary/aromatic N) is 1. The van der Waals surface area contributed by atoms with Gasteiger partial charge in [0.25, 0.3) is 0 Å². The van der Waals surface area contributed by atoms with E-state index in [4.69, 9.17) is 18.9 Å². The van der Waals surface area contributed by atoms with E-state index in [0.29, 0.717) is 19.6 Å². The van der Waals surface area contributed by atoms with Crippen molar-refractivity contribution in [1.29, 1.82) is 0 Å². The van der Waals surface area contributed by atoms with Crippen LogP contribution in [-0.4, -0.2) is 56.9 Å². The summed E-state index contributed by atoms with van der Waals surface area (Å²) in [5.41, 5.74) is 1.63. The van der Waals surface area contributed by atoms with Gasteiger partial charge < -0.3 is 18.9 Å². The molecule has 0 N–H and O–H groups in total. The molecule has 2 aromatic carbocycles. The Bertz CT molecular complexity index is 838. The van der Waals surface area contributed by atoms with Gasteiger partial charge in [-0.1, -0.05) is 18.2 Å². The van der Waals surface area contributed by atoms with Crippen LogP contribution in [0.25, 0.3) is 0 Å². The van der Waals surface area contributed by atoms with Crippen LogP contribution in [0, 0.1) is 5.82 Å². The molecule has 1 saturated heterocycles. The van der Waals surface area contributed by atoms with E-state index in [1.807, 2.05) is 24.3 Å². The number of halogens is 1. The summed E-state index contributed by atoms with van der Waals surface area (Å²) in [6.07, 6.45) is 0.658. The van der Waals surface area contributed by atoms with Crippen LogP contribution in [0.15, 0.2) is 42.5 Å². The number of rotatable bonds is 11. The number of benzene rings is 2. The lowest BCUT2D eigenvalue weighted by Gasteiger charge is -2.26. The fourth-order valence-corrected chi connectivity index (χ4v) is 3.30. The first-order valence-electron chi connectivity index (χ1n) is 10.7. The van der Waals surface area contributed by atoms with Gasteiger partial charge in [0.05, 0.1) is 19.8 Å². The average Bonchev–Trinajstić information content (AvgIpc) is 2.78. The third kappa shape index (κ3) is 7.84. The van der Waals surface area contributed by atoms with Crippen LogP contribution in [-0.2, 0) is 27.3 Å². The van der Waals surface area contributed by atoms with E-state index >= 15 is 0 Å². The minimum absolute atomic E-state index is 0.179. The van der Waals surface area contributed by atoms with Crippen molar-refractivity contribution in [2.24, 2.45) is 0 Å². The largest absolute Gasteiger partial charge is 0.492 e. The van der Waals surface area contributed by atoms with Gasteiger partial charge in [-0.3, -0.25) is 9.69 Å². The van der Waals surface area contributed by atoms with E-state index in [1.165, 1.54) is 6.07 Å². The van der Waals surface area contributed by atoms with Gasteiger partial charge in [0.15, 0.2) is 11.6 Å². The maximum absolute atomic E-state index is 14.4. The maximum atomic E-state index is 14.4. The number of morpholine rings is 1. The first kappa shape index (κ1) is 23.0. The van der Waals surface area contributed by atoms with Crippen molar-refractivity contribution in [3.05, 3.63) is 59.4 Å². The molecule has 0 aliphatic carbocycles. The molecule has 1 aliphatic rings. The highest BCUT2D eigenvalue weighted by Gasteiger charge is 2.10. The van der Waals surface area contributed by atoms with Gasteiger partial charge in [-0.2, -0.15) is 0 Å². The lowest BCUT2D eigenvalue weighted by Crippen LogP contribution is -2.38. The predicted molar refractivity (Wildman–Crippen MR) is 115 cm³/mol. The van der Waals surface area contributed by atoms with Crippen molar-refractivity contribution in [2.45, 2.75) is 26.4 Å². The van der Waals surface area contributed by atoms with Crippen molar-refractivity contribution in [2.75, 3.05) is 46.1 Å². The van der Waals surface area contributed by atoms with Gasteiger partial charge in [0.2, 0.25) is 0 Å². The van der Waals surface area contributed by atoms with Gasteiger partial charge >= 0.3 is 5.97 Å². The molecule has 1 aliphatic heterocycles. The van der Waals surface area contributed by atoms with Crippen molar-refractivity contribution in [3.63, 3.8) is 0 Å². The zero-order valence-corrected chi connectivity index (χ0v) is 18.0. The van der Waals surface area contributed by atoms with Gasteiger partial charge in [-0.05, 0) is 48.7 Å². The molecule has 1 heterocycles. The number of esters is 1. The molecular weight excluding hydrogens is 401 g/mol. The quantitative estimate of drug-likeness (QED) is 0.507. The van der Waals surface area contributed by atoms with Crippen LogP contribution in [0.2, 0.25) is 0 Å². The van der Waals surface area contributed by atoms with Gasteiger partial charge in [0.1, 0.15) is 19.0 Å². The van der Waals surface area contributed by atoms with Crippen LogP contribution in [0.5, 0.6) is 11.5 Å². The second-order valence-electron chi connectivity index (χ2n) is 7.31. The van der Waals surface area contributed by atoms with E-state index < -0.39 is 5.82 Å². The molecule has 3 rings (SSSR count). The number of carbonyl (C=O) groups is 1. The number of hydrogen-bond acceptors (Lipinski definition) is 6. The molecule has 7 heteroatoms. The van der Waals surface area contributed by atoms with Crippen molar-refractivity contribution in [3.8, 4) is 11.5 Å².